The number of carbonyl (C=O) groups is 1. The van der Waals surface area contributed by atoms with Crippen molar-refractivity contribution in [3.63, 3.8) is 0 Å². The van der Waals surface area contributed by atoms with Crippen LogP contribution in [0.3, 0.4) is 0 Å². The number of amides is 1. The van der Waals surface area contributed by atoms with Crippen molar-refractivity contribution in [3.05, 3.63) is 23.7 Å². The predicted octanol–water partition coefficient (Wildman–Crippen LogP) is 1.68. The minimum Gasteiger partial charge on any atom is -0.469 e. The van der Waals surface area contributed by atoms with Gasteiger partial charge in [-0.1, -0.05) is 6.92 Å². The SMILES string of the molecule is CCc1occc1C(=O)N(CCOC)CC1CCCN1. The Morgan fingerprint density at radius 2 is 2.45 bits per heavy atom. The first-order valence-corrected chi connectivity index (χ1v) is 7.34. The van der Waals surface area contributed by atoms with Crippen molar-refractivity contribution >= 4 is 5.91 Å². The van der Waals surface area contributed by atoms with Gasteiger partial charge in [0.05, 0.1) is 18.4 Å². The molecule has 5 heteroatoms. The lowest BCUT2D eigenvalue weighted by atomic mass is 10.1. The topological polar surface area (TPSA) is 54.7 Å². The minimum absolute atomic E-state index is 0.0429. The summed E-state index contributed by atoms with van der Waals surface area (Å²) in [5.41, 5.74) is 0.682. The third kappa shape index (κ3) is 3.61. The molecule has 2 heterocycles. The van der Waals surface area contributed by atoms with Crippen molar-refractivity contribution in [2.75, 3.05) is 33.4 Å². The van der Waals surface area contributed by atoms with E-state index in [1.54, 1.807) is 19.4 Å². The quantitative estimate of drug-likeness (QED) is 0.825. The average molecular weight is 280 g/mol. The Kier molecular flexibility index (Phi) is 5.61. The number of aryl methyl sites for hydroxylation is 1. The van der Waals surface area contributed by atoms with Crippen LogP contribution in [0.25, 0.3) is 0 Å². The first kappa shape index (κ1) is 15.1. The van der Waals surface area contributed by atoms with E-state index >= 15 is 0 Å². The molecule has 1 amide bonds. The van der Waals surface area contributed by atoms with Gasteiger partial charge in [0.15, 0.2) is 0 Å². The van der Waals surface area contributed by atoms with Crippen molar-refractivity contribution in [3.8, 4) is 0 Å². The van der Waals surface area contributed by atoms with Crippen LogP contribution in [0.1, 0.15) is 35.9 Å². The van der Waals surface area contributed by atoms with Crippen LogP contribution in [-0.2, 0) is 11.2 Å². The summed E-state index contributed by atoms with van der Waals surface area (Å²) in [4.78, 5) is 14.5. The number of hydrogen-bond acceptors (Lipinski definition) is 4. The zero-order valence-corrected chi connectivity index (χ0v) is 12.4. The van der Waals surface area contributed by atoms with Gasteiger partial charge < -0.3 is 19.4 Å². The molecule has 1 aromatic rings. The Hall–Kier alpha value is -1.33. The molecule has 2 rings (SSSR count). The lowest BCUT2D eigenvalue weighted by Crippen LogP contribution is -2.42. The van der Waals surface area contributed by atoms with Crippen LogP contribution in [0.4, 0.5) is 0 Å². The molecular weight excluding hydrogens is 256 g/mol. The molecule has 0 spiro atoms. The maximum absolute atomic E-state index is 12.7. The van der Waals surface area contributed by atoms with E-state index in [1.807, 2.05) is 11.8 Å². The molecule has 5 nitrogen and oxygen atoms in total. The van der Waals surface area contributed by atoms with E-state index in [9.17, 15) is 4.79 Å². The smallest absolute Gasteiger partial charge is 0.257 e. The van der Waals surface area contributed by atoms with Gasteiger partial charge in [-0.25, -0.2) is 0 Å². The van der Waals surface area contributed by atoms with E-state index in [1.165, 1.54) is 6.42 Å². The molecule has 1 aliphatic rings. The molecule has 0 aliphatic carbocycles. The van der Waals surface area contributed by atoms with Crippen LogP contribution in [0.15, 0.2) is 16.7 Å². The van der Waals surface area contributed by atoms with Crippen molar-refractivity contribution in [2.24, 2.45) is 0 Å². The van der Waals surface area contributed by atoms with Crippen LogP contribution in [-0.4, -0.2) is 50.2 Å². The summed E-state index contributed by atoms with van der Waals surface area (Å²) in [5, 5.41) is 3.43. The maximum atomic E-state index is 12.7. The Labute approximate surface area is 120 Å². The third-order valence-corrected chi connectivity index (χ3v) is 3.75. The van der Waals surface area contributed by atoms with Gasteiger partial charge in [-0.3, -0.25) is 4.79 Å². The van der Waals surface area contributed by atoms with Crippen molar-refractivity contribution < 1.29 is 13.9 Å². The summed E-state index contributed by atoms with van der Waals surface area (Å²) < 4.78 is 10.5. The summed E-state index contributed by atoms with van der Waals surface area (Å²) in [6.07, 6.45) is 4.63. The Balaban J connectivity index is 2.06. The molecule has 20 heavy (non-hydrogen) atoms. The molecule has 112 valence electrons. The number of furan rings is 1. The molecule has 1 fully saturated rings. The molecule has 0 radical (unpaired) electrons. The van der Waals surface area contributed by atoms with Crippen molar-refractivity contribution in [1.82, 2.24) is 10.2 Å². The van der Waals surface area contributed by atoms with Crippen LogP contribution in [0.2, 0.25) is 0 Å². The van der Waals surface area contributed by atoms with Gasteiger partial charge in [0, 0.05) is 32.7 Å². The number of hydrogen-bond donors (Lipinski definition) is 1. The molecule has 0 bridgehead atoms. The van der Waals surface area contributed by atoms with E-state index in [0.29, 0.717) is 24.8 Å². The van der Waals surface area contributed by atoms with Gasteiger partial charge in [0.1, 0.15) is 5.76 Å². The van der Waals surface area contributed by atoms with Gasteiger partial charge >= 0.3 is 0 Å². The molecule has 0 aromatic carbocycles. The van der Waals surface area contributed by atoms with Gasteiger partial charge in [-0.15, -0.1) is 0 Å². The standard InChI is InChI=1S/C15H24N2O3/c1-3-14-13(6-9-20-14)15(18)17(8-10-19-2)11-12-5-4-7-16-12/h6,9,12,16H,3-5,7-8,10-11H2,1-2H3. The summed E-state index contributed by atoms with van der Waals surface area (Å²) >= 11 is 0. The summed E-state index contributed by atoms with van der Waals surface area (Å²) in [7, 11) is 1.66. The average Bonchev–Trinajstić information content (AvgIpc) is 3.13. The highest BCUT2D eigenvalue weighted by atomic mass is 16.5. The number of carbonyl (C=O) groups excluding carboxylic acids is 1. The molecule has 1 N–H and O–H groups in total. The monoisotopic (exact) mass is 280 g/mol. The van der Waals surface area contributed by atoms with E-state index < -0.39 is 0 Å². The summed E-state index contributed by atoms with van der Waals surface area (Å²) in [6.45, 7) is 4.94. The molecule has 1 saturated heterocycles. The largest absolute Gasteiger partial charge is 0.469 e. The zero-order valence-electron chi connectivity index (χ0n) is 12.4. The van der Waals surface area contributed by atoms with Crippen LogP contribution in [0.5, 0.6) is 0 Å². The number of nitrogens with one attached hydrogen (secondary N) is 1. The highest BCUT2D eigenvalue weighted by Crippen LogP contribution is 2.16. The number of rotatable bonds is 7. The number of nitrogens with zero attached hydrogens (tertiary/aromatic N) is 1. The Morgan fingerprint density at radius 3 is 3.10 bits per heavy atom. The maximum Gasteiger partial charge on any atom is 0.257 e. The van der Waals surface area contributed by atoms with Crippen molar-refractivity contribution in [1.29, 1.82) is 0 Å². The number of methoxy groups -OCH3 is 1. The minimum atomic E-state index is 0.0429. The fourth-order valence-corrected chi connectivity index (χ4v) is 2.63. The normalized spacial score (nSPS) is 18.4. The van der Waals surface area contributed by atoms with E-state index in [4.69, 9.17) is 9.15 Å². The Bertz CT molecular complexity index is 425. The van der Waals surface area contributed by atoms with Crippen LogP contribution >= 0.6 is 0 Å². The van der Waals surface area contributed by atoms with Gasteiger partial charge in [0.2, 0.25) is 0 Å². The fraction of sp³-hybridized carbons (Fsp3) is 0.667. The molecule has 1 atom stereocenters. The molecule has 1 unspecified atom stereocenters. The second-order valence-electron chi connectivity index (χ2n) is 5.15. The first-order valence-electron chi connectivity index (χ1n) is 7.34. The fourth-order valence-electron chi connectivity index (χ4n) is 2.63. The molecule has 0 saturated carbocycles. The summed E-state index contributed by atoms with van der Waals surface area (Å²) in [5.74, 6) is 0.804. The van der Waals surface area contributed by atoms with Gasteiger partial charge in [-0.05, 0) is 25.5 Å². The van der Waals surface area contributed by atoms with Crippen LogP contribution in [0, 0.1) is 0 Å². The molecule has 1 aliphatic heterocycles. The highest BCUT2D eigenvalue weighted by molar-refractivity contribution is 5.95. The first-order chi connectivity index (χ1) is 9.76. The lowest BCUT2D eigenvalue weighted by molar-refractivity contribution is 0.0677. The van der Waals surface area contributed by atoms with E-state index in [-0.39, 0.29) is 5.91 Å². The van der Waals surface area contributed by atoms with E-state index in [2.05, 4.69) is 5.32 Å². The zero-order chi connectivity index (χ0) is 14.4. The van der Waals surface area contributed by atoms with Gasteiger partial charge in [-0.2, -0.15) is 0 Å². The predicted molar refractivity (Wildman–Crippen MR) is 76.9 cm³/mol. The number of ether oxygens (including phenoxy) is 1. The summed E-state index contributed by atoms with van der Waals surface area (Å²) in [6, 6.07) is 2.16. The Morgan fingerprint density at radius 1 is 1.60 bits per heavy atom. The van der Waals surface area contributed by atoms with Crippen molar-refractivity contribution in [2.45, 2.75) is 32.2 Å². The van der Waals surface area contributed by atoms with E-state index in [0.717, 1.165) is 31.7 Å². The second kappa shape index (κ2) is 7.45. The molecule has 1 aromatic heterocycles. The molecular formula is C15H24N2O3. The highest BCUT2D eigenvalue weighted by Gasteiger charge is 2.24. The van der Waals surface area contributed by atoms with Crippen LogP contribution < -0.4 is 5.32 Å². The third-order valence-electron chi connectivity index (χ3n) is 3.75. The van der Waals surface area contributed by atoms with Gasteiger partial charge in [0.25, 0.3) is 5.91 Å². The lowest BCUT2D eigenvalue weighted by Gasteiger charge is -2.25. The second-order valence-corrected chi connectivity index (χ2v) is 5.15.